The van der Waals surface area contributed by atoms with Crippen molar-refractivity contribution in [3.05, 3.63) is 40.3 Å². The maximum Gasteiger partial charge on any atom is 0.336 e. The summed E-state index contributed by atoms with van der Waals surface area (Å²) in [4.78, 5) is 11.8. The summed E-state index contributed by atoms with van der Waals surface area (Å²) < 4.78 is 23.0. The molecule has 174 valence electrons. The van der Waals surface area contributed by atoms with E-state index in [4.69, 9.17) is 18.6 Å². The molecule has 1 fully saturated rings. The molecule has 4 rings (SSSR count). The molecule has 0 radical (unpaired) electrons. The molecular weight excluding hydrogens is 408 g/mol. The fraction of sp³-hybridized carbons (Fsp3) is 0.577. The van der Waals surface area contributed by atoms with Gasteiger partial charge in [-0.05, 0) is 55.1 Å². The lowest BCUT2D eigenvalue weighted by atomic mass is 9.48. The SMILES string of the molecule is COc1cc2ccc(=O)oc2c(OC)c1OC[C@@H]1C(C)=CC[C@@H]2C(C)(C)[C@@H](O)CC[C@@]12C. The van der Waals surface area contributed by atoms with Crippen molar-refractivity contribution >= 4 is 11.0 Å². The molecule has 2 aliphatic rings. The van der Waals surface area contributed by atoms with Gasteiger partial charge in [0.05, 0.1) is 26.9 Å². The third kappa shape index (κ3) is 3.49. The zero-order valence-electron chi connectivity index (χ0n) is 19.9. The van der Waals surface area contributed by atoms with Crippen molar-refractivity contribution in [2.75, 3.05) is 20.8 Å². The summed E-state index contributed by atoms with van der Waals surface area (Å²) in [5.41, 5.74) is 1.05. The van der Waals surface area contributed by atoms with Gasteiger partial charge in [0.15, 0.2) is 11.3 Å². The number of aliphatic hydroxyl groups is 1. The van der Waals surface area contributed by atoms with Crippen LogP contribution in [0.1, 0.15) is 47.0 Å². The molecule has 0 spiro atoms. The van der Waals surface area contributed by atoms with Gasteiger partial charge in [0.25, 0.3) is 0 Å². The molecule has 6 nitrogen and oxygen atoms in total. The number of rotatable bonds is 5. The van der Waals surface area contributed by atoms with Crippen LogP contribution in [0.25, 0.3) is 11.0 Å². The number of benzene rings is 1. The standard InChI is InChI=1S/C26H34O6/c1-15-7-9-19-25(2,3)20(27)11-12-26(19,4)17(15)14-31-23-18(29-5)13-16-8-10-21(28)32-22(16)24(23)30-6/h7-8,10,13,17,19-20,27H,9,11-12,14H2,1-6H3/t17-,19-,20+,26+/m1/s1. The van der Waals surface area contributed by atoms with Gasteiger partial charge in [-0.25, -0.2) is 4.79 Å². The molecule has 1 saturated carbocycles. The van der Waals surface area contributed by atoms with E-state index < -0.39 is 5.63 Å². The molecule has 0 bridgehead atoms. The normalized spacial score (nSPS) is 29.2. The minimum atomic E-state index is -0.448. The molecule has 1 heterocycles. The van der Waals surface area contributed by atoms with Crippen molar-refractivity contribution in [2.45, 2.75) is 53.1 Å². The first kappa shape index (κ1) is 22.7. The summed E-state index contributed by atoms with van der Waals surface area (Å²) in [6.07, 6.45) is 4.71. The van der Waals surface area contributed by atoms with Crippen LogP contribution < -0.4 is 19.8 Å². The van der Waals surface area contributed by atoms with E-state index in [0.29, 0.717) is 40.7 Å². The van der Waals surface area contributed by atoms with E-state index >= 15 is 0 Å². The monoisotopic (exact) mass is 442 g/mol. The Hall–Kier alpha value is -2.47. The third-order valence-electron chi connectivity index (χ3n) is 8.14. The summed E-state index contributed by atoms with van der Waals surface area (Å²) in [5.74, 6) is 1.86. The van der Waals surface area contributed by atoms with Crippen LogP contribution in [-0.2, 0) is 0 Å². The van der Waals surface area contributed by atoms with Crippen LogP contribution in [-0.4, -0.2) is 32.0 Å². The molecule has 6 heteroatoms. The smallest absolute Gasteiger partial charge is 0.336 e. The highest BCUT2D eigenvalue weighted by Gasteiger charge is 2.55. The second-order valence-electron chi connectivity index (χ2n) is 10.1. The largest absolute Gasteiger partial charge is 0.493 e. The first-order chi connectivity index (χ1) is 15.1. The zero-order chi connectivity index (χ0) is 23.3. The Morgan fingerprint density at radius 2 is 1.91 bits per heavy atom. The van der Waals surface area contributed by atoms with Gasteiger partial charge < -0.3 is 23.7 Å². The van der Waals surface area contributed by atoms with Crippen LogP contribution >= 0.6 is 0 Å². The van der Waals surface area contributed by atoms with Crippen molar-refractivity contribution in [3.8, 4) is 17.2 Å². The molecular formula is C26H34O6. The Morgan fingerprint density at radius 1 is 1.16 bits per heavy atom. The van der Waals surface area contributed by atoms with E-state index in [1.165, 1.54) is 18.7 Å². The first-order valence-electron chi connectivity index (χ1n) is 11.3. The number of ether oxygens (including phenoxy) is 3. The Morgan fingerprint density at radius 3 is 2.59 bits per heavy atom. The quantitative estimate of drug-likeness (QED) is 0.521. The molecule has 0 aliphatic heterocycles. The average molecular weight is 443 g/mol. The molecule has 0 amide bonds. The molecule has 1 aromatic carbocycles. The molecule has 2 aromatic rings. The average Bonchev–Trinajstić information content (AvgIpc) is 2.75. The van der Waals surface area contributed by atoms with Crippen molar-refractivity contribution in [3.63, 3.8) is 0 Å². The molecule has 4 atom stereocenters. The van der Waals surface area contributed by atoms with Crippen LogP contribution in [0, 0.1) is 22.7 Å². The third-order valence-corrected chi connectivity index (χ3v) is 8.14. The highest BCUT2D eigenvalue weighted by Crippen LogP contribution is 2.59. The Kier molecular flexibility index (Phi) is 5.78. The minimum absolute atomic E-state index is 0.00540. The van der Waals surface area contributed by atoms with Crippen LogP contribution in [0.2, 0.25) is 0 Å². The van der Waals surface area contributed by atoms with Crippen molar-refractivity contribution in [1.82, 2.24) is 0 Å². The van der Waals surface area contributed by atoms with Crippen LogP contribution in [0.4, 0.5) is 0 Å². The predicted molar refractivity (Wildman–Crippen MR) is 124 cm³/mol. The predicted octanol–water partition coefficient (Wildman–Crippen LogP) is 4.96. The number of aliphatic hydroxyl groups excluding tert-OH is 1. The Balaban J connectivity index is 1.72. The summed E-state index contributed by atoms with van der Waals surface area (Å²) in [6.45, 7) is 9.31. The summed E-state index contributed by atoms with van der Waals surface area (Å²) in [5, 5.41) is 11.4. The van der Waals surface area contributed by atoms with E-state index in [-0.39, 0.29) is 22.9 Å². The van der Waals surface area contributed by atoms with E-state index in [1.807, 2.05) is 0 Å². The molecule has 1 aromatic heterocycles. The number of fused-ring (bicyclic) bond motifs is 2. The van der Waals surface area contributed by atoms with E-state index in [1.54, 1.807) is 19.2 Å². The second kappa shape index (κ2) is 8.14. The molecule has 32 heavy (non-hydrogen) atoms. The molecule has 1 N–H and O–H groups in total. The summed E-state index contributed by atoms with van der Waals surface area (Å²) in [6, 6.07) is 4.85. The van der Waals surface area contributed by atoms with Gasteiger partial charge in [-0.2, -0.15) is 0 Å². The fourth-order valence-electron chi connectivity index (χ4n) is 6.13. The van der Waals surface area contributed by atoms with Crippen molar-refractivity contribution in [2.24, 2.45) is 22.7 Å². The van der Waals surface area contributed by atoms with Crippen molar-refractivity contribution in [1.29, 1.82) is 0 Å². The van der Waals surface area contributed by atoms with Crippen LogP contribution in [0.15, 0.2) is 39.1 Å². The number of allylic oxidation sites excluding steroid dienone is 1. The number of hydrogen-bond donors (Lipinski definition) is 1. The van der Waals surface area contributed by atoms with Gasteiger partial charge in [0, 0.05) is 17.4 Å². The van der Waals surface area contributed by atoms with Crippen molar-refractivity contribution < 1.29 is 23.7 Å². The van der Waals surface area contributed by atoms with Gasteiger partial charge in [0.1, 0.15) is 0 Å². The lowest BCUT2D eigenvalue weighted by Gasteiger charge is -2.58. The van der Waals surface area contributed by atoms with E-state index in [9.17, 15) is 9.90 Å². The Bertz CT molecular complexity index is 1100. The molecule has 2 aliphatic carbocycles. The molecule has 0 saturated heterocycles. The van der Waals surface area contributed by atoms with Crippen LogP contribution in [0.5, 0.6) is 17.2 Å². The zero-order valence-corrected chi connectivity index (χ0v) is 19.9. The summed E-state index contributed by atoms with van der Waals surface area (Å²) in [7, 11) is 3.11. The van der Waals surface area contributed by atoms with Gasteiger partial charge in [-0.1, -0.05) is 32.4 Å². The second-order valence-corrected chi connectivity index (χ2v) is 10.1. The number of methoxy groups -OCH3 is 2. The van der Waals surface area contributed by atoms with Gasteiger partial charge in [-0.15, -0.1) is 0 Å². The van der Waals surface area contributed by atoms with E-state index in [0.717, 1.165) is 19.3 Å². The van der Waals surface area contributed by atoms with Gasteiger partial charge in [0.2, 0.25) is 11.5 Å². The summed E-state index contributed by atoms with van der Waals surface area (Å²) >= 11 is 0. The first-order valence-corrected chi connectivity index (χ1v) is 11.3. The van der Waals surface area contributed by atoms with Crippen LogP contribution in [0.3, 0.4) is 0 Å². The highest BCUT2D eigenvalue weighted by molar-refractivity contribution is 5.88. The van der Waals surface area contributed by atoms with Gasteiger partial charge >= 0.3 is 5.63 Å². The van der Waals surface area contributed by atoms with E-state index in [2.05, 4.69) is 33.8 Å². The Labute approximate surface area is 189 Å². The maximum atomic E-state index is 11.8. The fourth-order valence-corrected chi connectivity index (χ4v) is 6.13. The number of hydrogen-bond acceptors (Lipinski definition) is 6. The minimum Gasteiger partial charge on any atom is -0.493 e. The van der Waals surface area contributed by atoms with Gasteiger partial charge in [-0.3, -0.25) is 0 Å². The molecule has 0 unspecified atom stereocenters. The maximum absolute atomic E-state index is 11.8. The highest BCUT2D eigenvalue weighted by atomic mass is 16.5. The lowest BCUT2D eigenvalue weighted by Crippen LogP contribution is -2.55. The topological polar surface area (TPSA) is 78.1 Å². The lowest BCUT2D eigenvalue weighted by molar-refractivity contribution is -0.119.